The van der Waals surface area contributed by atoms with Gasteiger partial charge in [-0.15, -0.1) is 0 Å². The van der Waals surface area contributed by atoms with Crippen LogP contribution in [0.3, 0.4) is 0 Å². The number of ether oxygens (including phenoxy) is 2. The molecule has 3 nitrogen and oxygen atoms in total. The lowest BCUT2D eigenvalue weighted by Gasteiger charge is -2.34. The van der Waals surface area contributed by atoms with Crippen LogP contribution in [0.15, 0.2) is 18.2 Å². The first kappa shape index (κ1) is 12.8. The van der Waals surface area contributed by atoms with Gasteiger partial charge in [-0.1, -0.05) is 6.07 Å². The molecule has 0 saturated carbocycles. The van der Waals surface area contributed by atoms with Crippen molar-refractivity contribution in [2.24, 2.45) is 0 Å². The third-order valence-corrected chi connectivity index (χ3v) is 4.14. The molecule has 1 unspecified atom stereocenters. The quantitative estimate of drug-likeness (QED) is 0.904. The van der Waals surface area contributed by atoms with Crippen LogP contribution in [0, 0.1) is 0 Å². The van der Waals surface area contributed by atoms with E-state index in [1.807, 2.05) is 0 Å². The molecule has 2 heterocycles. The third kappa shape index (κ3) is 2.86. The molecule has 1 saturated heterocycles. The maximum absolute atomic E-state index is 6.08. The van der Waals surface area contributed by atoms with E-state index >= 15 is 0 Å². The molecule has 2 aliphatic heterocycles. The number of benzene rings is 1. The van der Waals surface area contributed by atoms with Crippen LogP contribution in [0.2, 0.25) is 0 Å². The lowest BCUT2D eigenvalue weighted by molar-refractivity contribution is -0.0889. The predicted octanol–water partition coefficient (Wildman–Crippen LogP) is 3.38. The van der Waals surface area contributed by atoms with Gasteiger partial charge in [0.1, 0.15) is 12.4 Å². The van der Waals surface area contributed by atoms with Gasteiger partial charge < -0.3 is 14.8 Å². The minimum Gasteiger partial charge on any atom is -0.490 e. The van der Waals surface area contributed by atoms with Crippen LogP contribution < -0.4 is 10.1 Å². The van der Waals surface area contributed by atoms with Gasteiger partial charge in [0.2, 0.25) is 0 Å². The first-order valence-electron chi connectivity index (χ1n) is 7.39. The minimum absolute atomic E-state index is 0.108. The molecule has 1 fully saturated rings. The zero-order valence-electron chi connectivity index (χ0n) is 11.7. The Morgan fingerprint density at radius 1 is 1.32 bits per heavy atom. The van der Waals surface area contributed by atoms with E-state index in [1.165, 1.54) is 30.5 Å². The molecule has 0 amide bonds. The van der Waals surface area contributed by atoms with Crippen LogP contribution in [0.4, 0.5) is 5.69 Å². The Labute approximate surface area is 115 Å². The van der Waals surface area contributed by atoms with Gasteiger partial charge in [0.15, 0.2) is 0 Å². The number of fused-ring (bicyclic) bond motifs is 1. The monoisotopic (exact) mass is 261 g/mol. The summed E-state index contributed by atoms with van der Waals surface area (Å²) < 4.78 is 12.0. The number of hydrogen-bond acceptors (Lipinski definition) is 3. The number of hydrogen-bond donors (Lipinski definition) is 1. The molecular weight excluding hydrogens is 238 g/mol. The average molecular weight is 261 g/mol. The molecule has 3 rings (SSSR count). The molecule has 0 aromatic heterocycles. The summed E-state index contributed by atoms with van der Waals surface area (Å²) in [5.41, 5.74) is 2.45. The highest BCUT2D eigenvalue weighted by molar-refractivity contribution is 5.59. The summed E-state index contributed by atoms with van der Waals surface area (Å²) in [5, 5.41) is 3.44. The fourth-order valence-electron chi connectivity index (χ4n) is 2.95. The Morgan fingerprint density at radius 3 is 3.11 bits per heavy atom. The largest absolute Gasteiger partial charge is 0.490 e. The second kappa shape index (κ2) is 5.41. The Kier molecular flexibility index (Phi) is 3.65. The molecule has 1 aromatic carbocycles. The first-order chi connectivity index (χ1) is 9.27. The van der Waals surface area contributed by atoms with Crippen LogP contribution in [0.1, 0.15) is 38.2 Å². The maximum Gasteiger partial charge on any atom is 0.124 e. The van der Waals surface area contributed by atoms with Gasteiger partial charge in [-0.25, -0.2) is 0 Å². The van der Waals surface area contributed by atoms with Crippen molar-refractivity contribution >= 4 is 5.69 Å². The average Bonchev–Trinajstić information content (AvgIpc) is 2.46. The van der Waals surface area contributed by atoms with Crippen LogP contribution in [0.25, 0.3) is 0 Å². The highest BCUT2D eigenvalue weighted by Gasteiger charge is 2.29. The van der Waals surface area contributed by atoms with E-state index in [9.17, 15) is 0 Å². The van der Waals surface area contributed by atoms with E-state index in [-0.39, 0.29) is 5.60 Å². The number of anilines is 1. The molecule has 0 radical (unpaired) electrons. The lowest BCUT2D eigenvalue weighted by atomic mass is 9.97. The van der Waals surface area contributed by atoms with Crippen molar-refractivity contribution in [1.82, 2.24) is 0 Å². The first-order valence-corrected chi connectivity index (χ1v) is 7.39. The second-order valence-corrected chi connectivity index (χ2v) is 5.86. The Hall–Kier alpha value is -1.22. The zero-order valence-corrected chi connectivity index (χ0v) is 11.7. The summed E-state index contributed by atoms with van der Waals surface area (Å²) >= 11 is 0. The van der Waals surface area contributed by atoms with Crippen LogP contribution in [-0.2, 0) is 11.2 Å². The van der Waals surface area contributed by atoms with Crippen molar-refractivity contribution in [2.45, 2.75) is 44.6 Å². The third-order valence-electron chi connectivity index (χ3n) is 4.14. The van der Waals surface area contributed by atoms with Crippen molar-refractivity contribution in [3.05, 3.63) is 23.8 Å². The van der Waals surface area contributed by atoms with Gasteiger partial charge in [-0.2, -0.15) is 0 Å². The van der Waals surface area contributed by atoms with Crippen molar-refractivity contribution in [3.8, 4) is 5.75 Å². The molecule has 0 spiro atoms. The molecule has 19 heavy (non-hydrogen) atoms. The molecule has 104 valence electrons. The van der Waals surface area contributed by atoms with E-state index in [2.05, 4.69) is 30.4 Å². The molecule has 3 heteroatoms. The summed E-state index contributed by atoms with van der Waals surface area (Å²) in [6.45, 7) is 4.76. The summed E-state index contributed by atoms with van der Waals surface area (Å²) in [6.07, 6.45) is 5.81. The Morgan fingerprint density at radius 2 is 2.26 bits per heavy atom. The van der Waals surface area contributed by atoms with E-state index in [0.717, 1.165) is 31.7 Å². The SMILES string of the molecule is CC1(COc2cccc3c2CCCN3)CCCCO1. The second-order valence-electron chi connectivity index (χ2n) is 5.86. The van der Waals surface area contributed by atoms with E-state index < -0.39 is 0 Å². The van der Waals surface area contributed by atoms with Gasteiger partial charge in [0.05, 0.1) is 5.60 Å². The van der Waals surface area contributed by atoms with Crippen molar-refractivity contribution < 1.29 is 9.47 Å². The van der Waals surface area contributed by atoms with Gasteiger partial charge in [-0.3, -0.25) is 0 Å². The summed E-state index contributed by atoms with van der Waals surface area (Å²) in [6, 6.07) is 6.29. The molecule has 1 atom stereocenters. The van der Waals surface area contributed by atoms with Gasteiger partial charge in [0.25, 0.3) is 0 Å². The highest BCUT2D eigenvalue weighted by Crippen LogP contribution is 2.32. The fraction of sp³-hybridized carbons (Fsp3) is 0.625. The van der Waals surface area contributed by atoms with Crippen molar-refractivity contribution in [2.75, 3.05) is 25.1 Å². The Balaban J connectivity index is 1.69. The zero-order chi connectivity index (χ0) is 13.1. The van der Waals surface area contributed by atoms with Gasteiger partial charge in [0, 0.05) is 24.4 Å². The molecule has 1 aromatic rings. The molecule has 0 bridgehead atoms. The normalized spacial score (nSPS) is 26.4. The maximum atomic E-state index is 6.08. The number of rotatable bonds is 3. The van der Waals surface area contributed by atoms with Crippen molar-refractivity contribution in [3.63, 3.8) is 0 Å². The van der Waals surface area contributed by atoms with Gasteiger partial charge in [-0.05, 0) is 51.2 Å². The summed E-state index contributed by atoms with van der Waals surface area (Å²) in [7, 11) is 0. The molecule has 2 aliphatic rings. The van der Waals surface area contributed by atoms with E-state index in [4.69, 9.17) is 9.47 Å². The van der Waals surface area contributed by atoms with Crippen LogP contribution in [0.5, 0.6) is 5.75 Å². The highest BCUT2D eigenvalue weighted by atomic mass is 16.5. The smallest absolute Gasteiger partial charge is 0.124 e. The predicted molar refractivity (Wildman–Crippen MR) is 77.0 cm³/mol. The van der Waals surface area contributed by atoms with Gasteiger partial charge >= 0.3 is 0 Å². The van der Waals surface area contributed by atoms with Crippen molar-refractivity contribution in [1.29, 1.82) is 0 Å². The van der Waals surface area contributed by atoms with Crippen LogP contribution >= 0.6 is 0 Å². The van der Waals surface area contributed by atoms with E-state index in [1.54, 1.807) is 0 Å². The van der Waals surface area contributed by atoms with E-state index in [0.29, 0.717) is 6.61 Å². The summed E-state index contributed by atoms with van der Waals surface area (Å²) in [4.78, 5) is 0. The number of nitrogens with one attached hydrogen (secondary N) is 1. The molecular formula is C16H23NO2. The Bertz CT molecular complexity index is 438. The molecule has 1 N–H and O–H groups in total. The topological polar surface area (TPSA) is 30.5 Å². The lowest BCUT2D eigenvalue weighted by Crippen LogP contribution is -2.39. The standard InChI is InChI=1S/C16H23NO2/c1-16(9-2-3-11-19-16)12-18-15-8-4-7-14-13(15)6-5-10-17-14/h4,7-8,17H,2-3,5-6,9-12H2,1H3. The minimum atomic E-state index is -0.108. The molecule has 0 aliphatic carbocycles. The summed E-state index contributed by atoms with van der Waals surface area (Å²) in [5.74, 6) is 1.03. The van der Waals surface area contributed by atoms with Crippen LogP contribution in [-0.4, -0.2) is 25.4 Å². The fourth-order valence-corrected chi connectivity index (χ4v) is 2.95.